The molecule has 1 N–H and O–H groups in total. The number of hydrogen-bond donors (Lipinski definition) is 1. The van der Waals surface area contributed by atoms with Gasteiger partial charge in [0.2, 0.25) is 0 Å². The zero-order chi connectivity index (χ0) is 16.5. The van der Waals surface area contributed by atoms with E-state index in [0.717, 1.165) is 6.07 Å². The van der Waals surface area contributed by atoms with Crippen molar-refractivity contribution in [3.63, 3.8) is 0 Å². The molecule has 0 atom stereocenters. The van der Waals surface area contributed by atoms with Crippen molar-refractivity contribution in [2.45, 2.75) is 11.1 Å². The maximum atomic E-state index is 12.3. The molecule has 2 aromatic rings. The van der Waals surface area contributed by atoms with Gasteiger partial charge in [0.15, 0.2) is 4.34 Å². The molecule has 0 unspecified atom stereocenters. The molecule has 118 valence electrons. The minimum absolute atomic E-state index is 0.183. The Balaban J connectivity index is 2.36. The van der Waals surface area contributed by atoms with Gasteiger partial charge < -0.3 is 4.74 Å². The molecule has 7 nitrogen and oxygen atoms in total. The molecule has 0 aliphatic carbocycles. The number of sulfonamides is 1. The molecule has 0 aliphatic heterocycles. The Morgan fingerprint density at radius 1 is 1.36 bits per heavy atom. The SMILES string of the molecule is COc1ccc(NS(=O)(=O)c2cc([N+](=O)[O-])c(Cl)s2)c(C)c1. The van der Waals surface area contributed by atoms with E-state index in [-0.39, 0.29) is 8.55 Å². The molecule has 0 spiro atoms. The first-order valence-corrected chi connectivity index (χ1v) is 8.53. The summed E-state index contributed by atoms with van der Waals surface area (Å²) in [5, 5.41) is 10.7. The zero-order valence-corrected chi connectivity index (χ0v) is 13.9. The Bertz CT molecular complexity index is 832. The number of ether oxygens (including phenoxy) is 1. The van der Waals surface area contributed by atoms with Crippen LogP contribution >= 0.6 is 22.9 Å². The number of benzene rings is 1. The summed E-state index contributed by atoms with van der Waals surface area (Å²) in [5.74, 6) is 0.593. The number of nitrogens with one attached hydrogen (secondary N) is 1. The smallest absolute Gasteiger partial charge is 0.300 e. The Morgan fingerprint density at radius 2 is 2.05 bits per heavy atom. The molecule has 1 aromatic carbocycles. The van der Waals surface area contributed by atoms with Crippen LogP contribution in [-0.4, -0.2) is 20.5 Å². The van der Waals surface area contributed by atoms with Crippen LogP contribution in [0.5, 0.6) is 5.75 Å². The molecule has 0 radical (unpaired) electrons. The van der Waals surface area contributed by atoms with E-state index in [9.17, 15) is 18.5 Å². The second-order valence-electron chi connectivity index (χ2n) is 4.27. The lowest BCUT2D eigenvalue weighted by Crippen LogP contribution is -2.12. The third-order valence-corrected chi connectivity index (χ3v) is 5.96. The number of methoxy groups -OCH3 is 1. The predicted octanol–water partition coefficient (Wildman–Crippen LogP) is 3.43. The third kappa shape index (κ3) is 3.32. The highest BCUT2D eigenvalue weighted by molar-refractivity contribution is 7.94. The van der Waals surface area contributed by atoms with Gasteiger partial charge in [-0.25, -0.2) is 8.42 Å². The molecule has 10 heteroatoms. The molecular formula is C12H11ClN2O5S2. The van der Waals surface area contributed by atoms with E-state index in [2.05, 4.69) is 4.72 Å². The highest BCUT2D eigenvalue weighted by Crippen LogP contribution is 2.37. The fraction of sp³-hybridized carbons (Fsp3) is 0.167. The van der Waals surface area contributed by atoms with Crippen LogP contribution in [0.1, 0.15) is 5.56 Å². The van der Waals surface area contributed by atoms with Crippen molar-refractivity contribution in [2.75, 3.05) is 11.8 Å². The van der Waals surface area contributed by atoms with Crippen LogP contribution in [0.3, 0.4) is 0 Å². The minimum Gasteiger partial charge on any atom is -0.497 e. The van der Waals surface area contributed by atoms with Crippen molar-refractivity contribution >= 4 is 44.3 Å². The van der Waals surface area contributed by atoms with Gasteiger partial charge in [-0.2, -0.15) is 0 Å². The van der Waals surface area contributed by atoms with Crippen molar-refractivity contribution in [3.8, 4) is 5.75 Å². The Labute approximate surface area is 135 Å². The van der Waals surface area contributed by atoms with Crippen LogP contribution in [0.2, 0.25) is 4.34 Å². The number of anilines is 1. The molecule has 0 amide bonds. The number of aryl methyl sites for hydroxylation is 1. The largest absolute Gasteiger partial charge is 0.497 e. The van der Waals surface area contributed by atoms with E-state index in [0.29, 0.717) is 28.3 Å². The topological polar surface area (TPSA) is 98.5 Å². The van der Waals surface area contributed by atoms with Crippen molar-refractivity contribution in [3.05, 3.63) is 44.3 Å². The highest BCUT2D eigenvalue weighted by atomic mass is 35.5. The number of thiophene rings is 1. The average Bonchev–Trinajstić information content (AvgIpc) is 2.84. The molecule has 22 heavy (non-hydrogen) atoms. The maximum absolute atomic E-state index is 12.3. The molecule has 0 saturated heterocycles. The number of hydrogen-bond acceptors (Lipinski definition) is 6. The van der Waals surface area contributed by atoms with E-state index < -0.39 is 20.6 Å². The van der Waals surface area contributed by atoms with Crippen LogP contribution in [-0.2, 0) is 10.0 Å². The number of rotatable bonds is 5. The lowest BCUT2D eigenvalue weighted by atomic mass is 10.2. The van der Waals surface area contributed by atoms with Gasteiger partial charge in [0.1, 0.15) is 9.96 Å². The first kappa shape index (κ1) is 16.5. The monoisotopic (exact) mass is 362 g/mol. The molecular weight excluding hydrogens is 352 g/mol. The second-order valence-corrected chi connectivity index (χ2v) is 7.83. The highest BCUT2D eigenvalue weighted by Gasteiger charge is 2.25. The van der Waals surface area contributed by atoms with E-state index in [1.54, 1.807) is 25.1 Å². The fourth-order valence-electron chi connectivity index (χ4n) is 1.67. The van der Waals surface area contributed by atoms with Crippen LogP contribution in [0.15, 0.2) is 28.5 Å². The summed E-state index contributed by atoms with van der Waals surface area (Å²) in [6.07, 6.45) is 0. The summed E-state index contributed by atoms with van der Waals surface area (Å²) in [7, 11) is -2.45. The standard InChI is InChI=1S/C12H11ClN2O5S2/c1-7-5-8(20-2)3-4-9(7)14-22(18,19)11-6-10(15(16)17)12(13)21-11/h3-6,14H,1-2H3. The number of nitrogens with zero attached hydrogens (tertiary/aromatic N) is 1. The summed E-state index contributed by atoms with van der Waals surface area (Å²) in [4.78, 5) is 10.0. The predicted molar refractivity (Wildman–Crippen MR) is 84.5 cm³/mol. The third-order valence-electron chi connectivity index (χ3n) is 2.79. The Kier molecular flexibility index (Phi) is 4.59. The van der Waals surface area contributed by atoms with Crippen LogP contribution in [0, 0.1) is 17.0 Å². The fourth-order valence-corrected chi connectivity index (χ4v) is 4.46. The molecule has 0 fully saturated rings. The van der Waals surface area contributed by atoms with E-state index in [1.807, 2.05) is 0 Å². The zero-order valence-electron chi connectivity index (χ0n) is 11.5. The maximum Gasteiger partial charge on any atom is 0.300 e. The van der Waals surface area contributed by atoms with E-state index in [4.69, 9.17) is 16.3 Å². The molecule has 1 aromatic heterocycles. The first-order valence-electron chi connectivity index (χ1n) is 5.86. The molecule has 1 heterocycles. The molecule has 2 rings (SSSR count). The Morgan fingerprint density at radius 3 is 2.55 bits per heavy atom. The van der Waals surface area contributed by atoms with Gasteiger partial charge in [-0.3, -0.25) is 14.8 Å². The van der Waals surface area contributed by atoms with Gasteiger partial charge in [-0.1, -0.05) is 11.6 Å². The van der Waals surface area contributed by atoms with Crippen molar-refractivity contribution in [1.29, 1.82) is 0 Å². The average molecular weight is 363 g/mol. The van der Waals surface area contributed by atoms with E-state index >= 15 is 0 Å². The van der Waals surface area contributed by atoms with E-state index in [1.165, 1.54) is 7.11 Å². The summed E-state index contributed by atoms with van der Waals surface area (Å²) in [6, 6.07) is 5.76. The summed E-state index contributed by atoms with van der Waals surface area (Å²) in [6.45, 7) is 1.71. The van der Waals surface area contributed by atoms with Crippen molar-refractivity contribution < 1.29 is 18.1 Å². The van der Waals surface area contributed by atoms with Crippen LogP contribution in [0.25, 0.3) is 0 Å². The van der Waals surface area contributed by atoms with Gasteiger partial charge in [0.05, 0.1) is 17.7 Å². The molecule has 0 saturated carbocycles. The van der Waals surface area contributed by atoms with Gasteiger partial charge >= 0.3 is 0 Å². The second kappa shape index (κ2) is 6.11. The van der Waals surface area contributed by atoms with Crippen LogP contribution in [0.4, 0.5) is 11.4 Å². The number of halogens is 1. The summed E-state index contributed by atoms with van der Waals surface area (Å²) in [5.41, 5.74) is 0.576. The van der Waals surface area contributed by atoms with Gasteiger partial charge in [0.25, 0.3) is 15.7 Å². The normalized spacial score (nSPS) is 11.2. The van der Waals surface area contributed by atoms with Gasteiger partial charge in [0, 0.05) is 6.07 Å². The molecule has 0 bridgehead atoms. The van der Waals surface area contributed by atoms with Crippen LogP contribution < -0.4 is 9.46 Å². The first-order chi connectivity index (χ1) is 10.2. The number of nitro groups is 1. The molecule has 0 aliphatic rings. The Hall–Kier alpha value is -1.84. The lowest BCUT2D eigenvalue weighted by molar-refractivity contribution is -0.384. The minimum atomic E-state index is -3.95. The summed E-state index contributed by atoms with van der Waals surface area (Å²) < 4.78 is 31.6. The van der Waals surface area contributed by atoms with Gasteiger partial charge in [-0.15, -0.1) is 11.3 Å². The van der Waals surface area contributed by atoms with Crippen molar-refractivity contribution in [2.24, 2.45) is 0 Å². The quantitative estimate of drug-likeness (QED) is 0.649. The lowest BCUT2D eigenvalue weighted by Gasteiger charge is -2.10. The van der Waals surface area contributed by atoms with Crippen molar-refractivity contribution in [1.82, 2.24) is 0 Å². The van der Waals surface area contributed by atoms with Gasteiger partial charge in [-0.05, 0) is 30.7 Å². The summed E-state index contributed by atoms with van der Waals surface area (Å²) >= 11 is 6.32.